The summed E-state index contributed by atoms with van der Waals surface area (Å²) >= 11 is 0. The average molecular weight is 383 g/mol. The first-order valence-electron chi connectivity index (χ1n) is 9.16. The summed E-state index contributed by atoms with van der Waals surface area (Å²) in [5.74, 6) is 0. The van der Waals surface area contributed by atoms with Crippen molar-refractivity contribution >= 4 is 11.0 Å². The third-order valence-corrected chi connectivity index (χ3v) is 4.79. The molecule has 2 aromatic carbocycles. The molecule has 5 aromatic rings. The summed E-state index contributed by atoms with van der Waals surface area (Å²) in [4.78, 5) is 17.4. The molecule has 0 amide bonds. The fourth-order valence-electron chi connectivity index (χ4n) is 3.30. The van der Waals surface area contributed by atoms with E-state index < -0.39 is 0 Å². The lowest BCUT2D eigenvalue weighted by atomic mass is 10.2. The van der Waals surface area contributed by atoms with Gasteiger partial charge >= 0.3 is 0 Å². The fourth-order valence-corrected chi connectivity index (χ4v) is 3.30. The Kier molecular flexibility index (Phi) is 4.02. The van der Waals surface area contributed by atoms with Gasteiger partial charge in [-0.2, -0.15) is 5.10 Å². The van der Waals surface area contributed by atoms with E-state index in [1.54, 1.807) is 15.6 Å². The minimum Gasteiger partial charge on any atom is -0.292 e. The Morgan fingerprint density at radius 1 is 1.00 bits per heavy atom. The van der Waals surface area contributed by atoms with Gasteiger partial charge in [-0.25, -0.2) is 14.3 Å². The van der Waals surface area contributed by atoms with E-state index in [1.165, 1.54) is 10.9 Å². The molecular weight excluding hydrogens is 366 g/mol. The molecule has 3 heterocycles. The van der Waals surface area contributed by atoms with Crippen LogP contribution in [0.1, 0.15) is 11.3 Å². The molecule has 0 radical (unpaired) electrons. The third-order valence-electron chi connectivity index (χ3n) is 4.79. The highest BCUT2D eigenvalue weighted by Crippen LogP contribution is 2.14. The van der Waals surface area contributed by atoms with Crippen molar-refractivity contribution in [3.8, 4) is 11.4 Å². The lowest BCUT2D eigenvalue weighted by Crippen LogP contribution is -2.21. The number of rotatable bonds is 4. The first kappa shape index (κ1) is 17.1. The van der Waals surface area contributed by atoms with Crippen molar-refractivity contribution < 1.29 is 0 Å². The zero-order valence-corrected chi connectivity index (χ0v) is 15.7. The van der Waals surface area contributed by atoms with E-state index in [0.717, 1.165) is 16.9 Å². The molecule has 0 spiro atoms. The maximum atomic E-state index is 12.9. The van der Waals surface area contributed by atoms with Gasteiger partial charge in [0.1, 0.15) is 17.4 Å². The van der Waals surface area contributed by atoms with Crippen LogP contribution in [0.15, 0.2) is 78.1 Å². The lowest BCUT2D eigenvalue weighted by molar-refractivity contribution is 0.720. The molecule has 3 aromatic heterocycles. The Balaban J connectivity index is 1.49. The van der Waals surface area contributed by atoms with E-state index in [1.807, 2.05) is 67.7 Å². The largest absolute Gasteiger partial charge is 0.292 e. The number of nitrogens with zero attached hydrogens (tertiary/aromatic N) is 7. The van der Waals surface area contributed by atoms with Gasteiger partial charge in [-0.3, -0.25) is 9.36 Å². The van der Waals surface area contributed by atoms with Crippen LogP contribution in [0.3, 0.4) is 0 Å². The minimum absolute atomic E-state index is 0.164. The van der Waals surface area contributed by atoms with Crippen LogP contribution in [-0.4, -0.2) is 34.3 Å². The molecule has 0 aliphatic rings. The molecule has 0 bridgehead atoms. The maximum Gasteiger partial charge on any atom is 0.264 e. The van der Waals surface area contributed by atoms with Gasteiger partial charge in [-0.1, -0.05) is 41.6 Å². The number of aryl methyl sites for hydroxylation is 1. The Labute approximate surface area is 165 Å². The van der Waals surface area contributed by atoms with E-state index in [-0.39, 0.29) is 12.1 Å². The average Bonchev–Trinajstić information content (AvgIpc) is 3.39. The molecular formula is C21H17N7O. The highest BCUT2D eigenvalue weighted by Gasteiger charge is 2.13. The fraction of sp³-hybridized carbons (Fsp3) is 0.0952. The van der Waals surface area contributed by atoms with Crippen LogP contribution in [-0.2, 0) is 6.54 Å². The number of hydrogen-bond acceptors (Lipinski definition) is 5. The molecule has 0 atom stereocenters. The molecule has 5 rings (SSSR count). The summed E-state index contributed by atoms with van der Waals surface area (Å²) in [6.07, 6.45) is 4.91. The van der Waals surface area contributed by atoms with Crippen molar-refractivity contribution in [2.75, 3.05) is 0 Å². The summed E-state index contributed by atoms with van der Waals surface area (Å²) in [6, 6.07) is 17.5. The van der Waals surface area contributed by atoms with Gasteiger partial charge < -0.3 is 0 Å². The molecule has 8 nitrogen and oxygen atoms in total. The second kappa shape index (κ2) is 6.83. The summed E-state index contributed by atoms with van der Waals surface area (Å²) < 4.78 is 4.90. The molecule has 142 valence electrons. The van der Waals surface area contributed by atoms with Gasteiger partial charge in [0, 0.05) is 0 Å². The minimum atomic E-state index is -0.164. The summed E-state index contributed by atoms with van der Waals surface area (Å²) in [6.45, 7) is 2.30. The van der Waals surface area contributed by atoms with E-state index in [9.17, 15) is 4.79 Å². The molecule has 29 heavy (non-hydrogen) atoms. The second-order valence-electron chi connectivity index (χ2n) is 6.75. The topological polar surface area (TPSA) is 83.4 Å². The van der Waals surface area contributed by atoms with Crippen molar-refractivity contribution in [3.63, 3.8) is 0 Å². The number of hydrogen-bond donors (Lipinski definition) is 0. The standard InChI is InChI=1S/C21H17N7O/c1-15-7-5-6-10-19(15)27-13-16(24-25-27)12-26-14-22-20-18(21(26)29)11-23-28(20)17-8-3-2-4-9-17/h2-11,13-14H,12H2,1H3. The molecule has 0 fully saturated rings. The summed E-state index contributed by atoms with van der Waals surface area (Å²) in [5.41, 5.74) is 3.94. The highest BCUT2D eigenvalue weighted by atomic mass is 16.1. The first-order valence-corrected chi connectivity index (χ1v) is 9.16. The monoisotopic (exact) mass is 383 g/mol. The maximum absolute atomic E-state index is 12.9. The zero-order chi connectivity index (χ0) is 19.8. The van der Waals surface area contributed by atoms with Gasteiger partial charge in [-0.05, 0) is 30.7 Å². The normalized spacial score (nSPS) is 11.2. The van der Waals surface area contributed by atoms with Crippen LogP contribution in [0.2, 0.25) is 0 Å². The Bertz CT molecular complexity index is 1360. The van der Waals surface area contributed by atoms with Gasteiger partial charge in [-0.15, -0.1) is 5.10 Å². The van der Waals surface area contributed by atoms with Gasteiger partial charge in [0.2, 0.25) is 0 Å². The Morgan fingerprint density at radius 2 is 1.79 bits per heavy atom. The van der Waals surface area contributed by atoms with Gasteiger partial charge in [0.05, 0.1) is 30.3 Å². The third kappa shape index (κ3) is 3.00. The lowest BCUT2D eigenvalue weighted by Gasteiger charge is -2.05. The van der Waals surface area contributed by atoms with E-state index in [0.29, 0.717) is 16.7 Å². The summed E-state index contributed by atoms with van der Waals surface area (Å²) in [5, 5.41) is 13.2. The molecule has 0 aliphatic heterocycles. The van der Waals surface area contributed by atoms with Crippen LogP contribution in [0.25, 0.3) is 22.4 Å². The Hall–Kier alpha value is -4.07. The predicted octanol–water partition coefficient (Wildman–Crippen LogP) is 2.52. The smallest absolute Gasteiger partial charge is 0.264 e. The predicted molar refractivity (Wildman–Crippen MR) is 108 cm³/mol. The van der Waals surface area contributed by atoms with Crippen LogP contribution in [0.4, 0.5) is 0 Å². The van der Waals surface area contributed by atoms with E-state index in [2.05, 4.69) is 20.4 Å². The summed E-state index contributed by atoms with van der Waals surface area (Å²) in [7, 11) is 0. The van der Waals surface area contributed by atoms with Crippen LogP contribution < -0.4 is 5.56 Å². The van der Waals surface area contributed by atoms with E-state index >= 15 is 0 Å². The molecule has 0 N–H and O–H groups in total. The molecule has 8 heteroatoms. The first-order chi connectivity index (χ1) is 14.2. The molecule has 0 aliphatic carbocycles. The van der Waals surface area contributed by atoms with Crippen LogP contribution >= 0.6 is 0 Å². The Morgan fingerprint density at radius 3 is 2.62 bits per heavy atom. The number of benzene rings is 2. The van der Waals surface area contributed by atoms with E-state index in [4.69, 9.17) is 0 Å². The molecule has 0 saturated heterocycles. The van der Waals surface area contributed by atoms with Crippen LogP contribution in [0, 0.1) is 6.92 Å². The molecule has 0 saturated carbocycles. The van der Waals surface area contributed by atoms with Gasteiger partial charge in [0.15, 0.2) is 5.65 Å². The zero-order valence-electron chi connectivity index (χ0n) is 15.7. The number of fused-ring (bicyclic) bond motifs is 1. The quantitative estimate of drug-likeness (QED) is 0.476. The van der Waals surface area contributed by atoms with Crippen molar-refractivity contribution in [2.45, 2.75) is 13.5 Å². The van der Waals surface area contributed by atoms with Crippen molar-refractivity contribution in [1.29, 1.82) is 0 Å². The van der Waals surface area contributed by atoms with Crippen LogP contribution in [0.5, 0.6) is 0 Å². The number of para-hydroxylation sites is 2. The van der Waals surface area contributed by atoms with Crippen molar-refractivity contribution in [1.82, 2.24) is 34.3 Å². The van der Waals surface area contributed by atoms with Crippen molar-refractivity contribution in [2.24, 2.45) is 0 Å². The SMILES string of the molecule is Cc1ccccc1-n1cc(Cn2cnc3c(cnn3-c3ccccc3)c2=O)nn1. The van der Waals surface area contributed by atoms with Crippen molar-refractivity contribution in [3.05, 3.63) is 94.9 Å². The molecule has 0 unspecified atom stereocenters. The van der Waals surface area contributed by atoms with Gasteiger partial charge in [0.25, 0.3) is 5.56 Å². The number of aromatic nitrogens is 7. The highest BCUT2D eigenvalue weighted by molar-refractivity contribution is 5.74. The second-order valence-corrected chi connectivity index (χ2v) is 6.75.